The van der Waals surface area contributed by atoms with E-state index in [0.717, 1.165) is 0 Å². The van der Waals surface area contributed by atoms with Gasteiger partial charge < -0.3 is 28.8 Å². The third-order valence-electron chi connectivity index (χ3n) is 3.69. The van der Waals surface area contributed by atoms with E-state index in [4.69, 9.17) is 28.8 Å². The average molecular weight is 377 g/mol. The Morgan fingerprint density at radius 2 is 1.78 bits per heavy atom. The van der Waals surface area contributed by atoms with Crippen LogP contribution in [0.25, 0.3) is 5.14 Å². The molecule has 0 aromatic heterocycles. The molecule has 0 amide bonds. The Balaban J connectivity index is 0.00000192. The molecule has 9 nitrogen and oxygen atoms in total. The zero-order valence-corrected chi connectivity index (χ0v) is 17.8. The first-order valence-corrected chi connectivity index (χ1v) is 8.34. The van der Waals surface area contributed by atoms with E-state index in [-0.39, 0.29) is 64.1 Å². The van der Waals surface area contributed by atoms with Crippen molar-refractivity contribution in [1.29, 1.82) is 0 Å². The van der Waals surface area contributed by atoms with Crippen LogP contribution in [0.1, 0.15) is 27.7 Å². The molecule has 0 spiro atoms. The van der Waals surface area contributed by atoms with E-state index in [1.807, 2.05) is 0 Å². The van der Waals surface area contributed by atoms with Crippen LogP contribution in [-0.2, 0) is 38.2 Å². The Labute approximate surface area is 178 Å². The Bertz CT molecular complexity index is 567. The minimum Gasteiger partial charge on any atom is -0.540 e. The van der Waals surface area contributed by atoms with Crippen LogP contribution in [0.3, 0.4) is 0 Å². The molecule has 0 bridgehead atoms. The summed E-state index contributed by atoms with van der Waals surface area (Å²) in [6.07, 6.45) is -1.56. The molecule has 0 aromatic carbocycles. The molecule has 3 rings (SSSR count). The smallest absolute Gasteiger partial charge is 0.540 e. The Hall–Kier alpha value is 1.31. The average Bonchev–Trinajstić information content (AvgIpc) is 2.78. The van der Waals surface area contributed by atoms with Gasteiger partial charge in [0.05, 0.1) is 6.61 Å². The first-order valence-electron chi connectivity index (χ1n) is 6.93. The molecular formula is C12H20KNO8S. The SMILES string of the molecule is CC1(C)O[C@@H]2[C@@H](CO[C@@]3(COS([NH-])(=O)=O)OC(C)(C)O[C@@H]23)O1.[K+]. The molecule has 3 aliphatic heterocycles. The monoisotopic (exact) mass is 377 g/mol. The summed E-state index contributed by atoms with van der Waals surface area (Å²) in [4.78, 5) is 0. The molecule has 3 fully saturated rings. The van der Waals surface area contributed by atoms with Crippen LogP contribution in [0.4, 0.5) is 0 Å². The number of rotatable bonds is 3. The first kappa shape index (κ1) is 20.6. The second-order valence-corrected chi connectivity index (χ2v) is 7.66. The number of hydrogen-bond acceptors (Lipinski definition) is 8. The Kier molecular flexibility index (Phi) is 5.81. The van der Waals surface area contributed by atoms with E-state index in [2.05, 4.69) is 4.18 Å². The Morgan fingerprint density at radius 3 is 2.39 bits per heavy atom. The van der Waals surface area contributed by atoms with Gasteiger partial charge in [0.15, 0.2) is 21.9 Å². The molecule has 0 aromatic rings. The van der Waals surface area contributed by atoms with Gasteiger partial charge in [-0.2, -0.15) is 0 Å². The summed E-state index contributed by atoms with van der Waals surface area (Å²) in [5.41, 5.74) is 0. The second-order valence-electron chi connectivity index (χ2n) is 6.52. The van der Waals surface area contributed by atoms with Crippen molar-refractivity contribution in [2.75, 3.05) is 13.2 Å². The molecule has 4 atom stereocenters. The predicted molar refractivity (Wildman–Crippen MR) is 71.7 cm³/mol. The van der Waals surface area contributed by atoms with Gasteiger partial charge in [-0.25, -0.2) is 8.42 Å². The van der Waals surface area contributed by atoms with E-state index in [1.165, 1.54) is 0 Å². The van der Waals surface area contributed by atoms with Crippen molar-refractivity contribution in [3.63, 3.8) is 0 Å². The summed E-state index contributed by atoms with van der Waals surface area (Å²) in [5, 5.41) is 6.85. The van der Waals surface area contributed by atoms with E-state index in [9.17, 15) is 8.42 Å². The maximum Gasteiger partial charge on any atom is 1.00 e. The molecule has 0 saturated carbocycles. The van der Waals surface area contributed by atoms with Gasteiger partial charge >= 0.3 is 51.4 Å². The van der Waals surface area contributed by atoms with E-state index >= 15 is 0 Å². The third-order valence-corrected chi connectivity index (χ3v) is 4.12. The third kappa shape index (κ3) is 4.35. The fourth-order valence-electron chi connectivity index (χ4n) is 3.11. The molecule has 128 valence electrons. The van der Waals surface area contributed by atoms with E-state index < -0.39 is 46.5 Å². The molecule has 1 N–H and O–H groups in total. The fraction of sp³-hybridized carbons (Fsp3) is 1.00. The van der Waals surface area contributed by atoms with Crippen LogP contribution in [0, 0.1) is 0 Å². The molecule has 3 saturated heterocycles. The van der Waals surface area contributed by atoms with Gasteiger partial charge in [-0.3, -0.25) is 4.18 Å². The van der Waals surface area contributed by atoms with Crippen LogP contribution < -0.4 is 51.4 Å². The summed E-state index contributed by atoms with van der Waals surface area (Å²) in [6, 6.07) is 0. The zero-order valence-electron chi connectivity index (χ0n) is 13.8. The number of fused-ring (bicyclic) bond motifs is 3. The van der Waals surface area contributed by atoms with Gasteiger partial charge in [-0.15, -0.1) is 0 Å². The number of ether oxygens (including phenoxy) is 5. The molecular weight excluding hydrogens is 357 g/mol. The minimum absolute atomic E-state index is 0. The normalized spacial score (nSPS) is 41.0. The number of hydrogen-bond donors (Lipinski definition) is 0. The quantitative estimate of drug-likeness (QED) is 0.505. The number of nitrogens with one attached hydrogen (secondary N) is 1. The fourth-order valence-corrected chi connectivity index (χ4v) is 3.43. The minimum atomic E-state index is -4.39. The van der Waals surface area contributed by atoms with Crippen LogP contribution in [0.5, 0.6) is 0 Å². The Morgan fingerprint density at radius 1 is 1.13 bits per heavy atom. The van der Waals surface area contributed by atoms with Gasteiger partial charge in [0.1, 0.15) is 24.9 Å². The molecule has 0 unspecified atom stereocenters. The van der Waals surface area contributed by atoms with Gasteiger partial charge in [0, 0.05) is 0 Å². The van der Waals surface area contributed by atoms with Crippen molar-refractivity contribution in [3.8, 4) is 0 Å². The molecule has 3 aliphatic rings. The maximum absolute atomic E-state index is 11.0. The molecule has 11 heteroatoms. The second kappa shape index (κ2) is 6.48. The standard InChI is InChI=1S/C12H20NO8S.K/c1-10(2)18-7-5-16-12(6-17-22(13,14)15)9(8(7)19-10)20-11(3,4)21-12;/h7-9H,5-6H2,1-4H3,(H-,13,14,15);/q-1;+1/t7-,8-,9+,12+;/m1./s1. The van der Waals surface area contributed by atoms with Crippen LogP contribution in [0.15, 0.2) is 0 Å². The van der Waals surface area contributed by atoms with Gasteiger partial charge in [-0.05, 0) is 27.7 Å². The van der Waals surface area contributed by atoms with E-state index in [1.54, 1.807) is 27.7 Å². The summed E-state index contributed by atoms with van der Waals surface area (Å²) >= 11 is 0. The molecule has 23 heavy (non-hydrogen) atoms. The first-order chi connectivity index (χ1) is 9.92. The summed E-state index contributed by atoms with van der Waals surface area (Å²) in [5.74, 6) is -3.26. The zero-order chi connectivity index (χ0) is 16.4. The largest absolute Gasteiger partial charge is 1.00 e. The molecule has 0 radical (unpaired) electrons. The van der Waals surface area contributed by atoms with Crippen molar-refractivity contribution < 1.29 is 87.7 Å². The molecule has 0 aliphatic carbocycles. The predicted octanol–water partition coefficient (Wildman–Crippen LogP) is -2.30. The van der Waals surface area contributed by atoms with Crippen LogP contribution in [0.2, 0.25) is 0 Å². The van der Waals surface area contributed by atoms with Gasteiger partial charge in [-0.1, -0.05) is 0 Å². The van der Waals surface area contributed by atoms with Crippen molar-refractivity contribution in [1.82, 2.24) is 0 Å². The van der Waals surface area contributed by atoms with Gasteiger partial charge in [0.2, 0.25) is 5.79 Å². The summed E-state index contributed by atoms with van der Waals surface area (Å²) < 4.78 is 55.5. The topological polar surface area (TPSA) is 113 Å². The van der Waals surface area contributed by atoms with Crippen molar-refractivity contribution in [2.24, 2.45) is 0 Å². The van der Waals surface area contributed by atoms with Crippen LogP contribution >= 0.6 is 0 Å². The van der Waals surface area contributed by atoms with Crippen molar-refractivity contribution in [3.05, 3.63) is 5.14 Å². The van der Waals surface area contributed by atoms with Crippen molar-refractivity contribution >= 4 is 10.3 Å². The van der Waals surface area contributed by atoms with Crippen molar-refractivity contribution in [2.45, 2.75) is 63.4 Å². The summed E-state index contributed by atoms with van der Waals surface area (Å²) in [7, 11) is -4.39. The maximum atomic E-state index is 11.0. The summed E-state index contributed by atoms with van der Waals surface area (Å²) in [6.45, 7) is 6.58. The molecule has 3 heterocycles. The van der Waals surface area contributed by atoms with Gasteiger partial charge in [0.25, 0.3) is 0 Å². The van der Waals surface area contributed by atoms with E-state index in [0.29, 0.717) is 0 Å². The van der Waals surface area contributed by atoms with Crippen LogP contribution in [-0.4, -0.2) is 57.3 Å².